The van der Waals surface area contributed by atoms with Crippen molar-refractivity contribution < 1.29 is 23.4 Å². The lowest BCUT2D eigenvalue weighted by Gasteiger charge is -2.25. The molecular formula is C13H15BrClF2NO3. The molecule has 21 heavy (non-hydrogen) atoms. The van der Waals surface area contributed by atoms with Gasteiger partial charge in [-0.15, -0.1) is 0 Å². The summed E-state index contributed by atoms with van der Waals surface area (Å²) in [6, 6.07) is 4.75. The fraction of sp³-hybridized carbons (Fsp3) is 0.462. The molecule has 0 fully saturated rings. The highest BCUT2D eigenvalue weighted by Crippen LogP contribution is 2.29. The van der Waals surface area contributed by atoms with E-state index in [4.69, 9.17) is 21.4 Å². The van der Waals surface area contributed by atoms with Crippen molar-refractivity contribution in [3.8, 4) is 5.75 Å². The Balaban J connectivity index is 2.75. The number of carbonyl (C=O) groups excluding carboxylic acids is 1. The van der Waals surface area contributed by atoms with E-state index < -0.39 is 31.6 Å². The van der Waals surface area contributed by atoms with E-state index in [2.05, 4.69) is 15.9 Å². The Morgan fingerprint density at radius 2 is 2.19 bits per heavy atom. The quantitative estimate of drug-likeness (QED) is 0.784. The van der Waals surface area contributed by atoms with Crippen LogP contribution in [0.1, 0.15) is 6.92 Å². The van der Waals surface area contributed by atoms with Gasteiger partial charge in [0.1, 0.15) is 5.75 Å². The first-order valence-electron chi connectivity index (χ1n) is 6.14. The number of benzene rings is 1. The predicted octanol–water partition coefficient (Wildman–Crippen LogP) is 2.96. The molecule has 1 amide bonds. The van der Waals surface area contributed by atoms with Crippen molar-refractivity contribution in [3.05, 3.63) is 27.7 Å². The Labute approximate surface area is 134 Å². The van der Waals surface area contributed by atoms with Gasteiger partial charge in [0.2, 0.25) is 0 Å². The van der Waals surface area contributed by atoms with Crippen LogP contribution in [0.15, 0.2) is 22.7 Å². The van der Waals surface area contributed by atoms with Gasteiger partial charge in [-0.2, -0.15) is 0 Å². The second-order valence-corrected chi connectivity index (χ2v) is 5.52. The first-order chi connectivity index (χ1) is 9.85. The summed E-state index contributed by atoms with van der Waals surface area (Å²) in [7, 11) is 0. The van der Waals surface area contributed by atoms with Crippen LogP contribution in [0, 0.1) is 0 Å². The first kappa shape index (κ1) is 18.1. The largest absolute Gasteiger partial charge is 0.480 e. The van der Waals surface area contributed by atoms with E-state index in [1.807, 2.05) is 0 Å². The van der Waals surface area contributed by atoms with E-state index in [1.165, 1.54) is 6.92 Å². The molecule has 0 saturated heterocycles. The highest BCUT2D eigenvalue weighted by molar-refractivity contribution is 9.10. The van der Waals surface area contributed by atoms with Gasteiger partial charge < -0.3 is 14.7 Å². The van der Waals surface area contributed by atoms with E-state index >= 15 is 0 Å². The maximum absolute atomic E-state index is 12.4. The molecule has 0 heterocycles. The molecule has 1 aromatic rings. The maximum atomic E-state index is 12.4. The lowest BCUT2D eigenvalue weighted by molar-refractivity contribution is -0.140. The molecule has 1 aromatic carbocycles. The third-order valence-corrected chi connectivity index (χ3v) is 3.44. The number of nitrogens with zero attached hydrogens (tertiary/aromatic N) is 1. The van der Waals surface area contributed by atoms with Gasteiger partial charge >= 0.3 is 0 Å². The van der Waals surface area contributed by atoms with Crippen LogP contribution >= 0.6 is 27.5 Å². The number of aliphatic hydroxyl groups excluding tert-OH is 1. The van der Waals surface area contributed by atoms with Gasteiger partial charge in [0.05, 0.1) is 17.6 Å². The molecule has 0 bridgehead atoms. The van der Waals surface area contributed by atoms with Crippen LogP contribution < -0.4 is 4.74 Å². The van der Waals surface area contributed by atoms with Crippen molar-refractivity contribution in [3.63, 3.8) is 0 Å². The number of hydrogen-bond donors (Lipinski definition) is 1. The lowest BCUT2D eigenvalue weighted by atomic mass is 10.3. The molecule has 1 atom stereocenters. The smallest absolute Gasteiger partial charge is 0.263 e. The van der Waals surface area contributed by atoms with Crippen molar-refractivity contribution in [1.82, 2.24) is 4.90 Å². The van der Waals surface area contributed by atoms with Crippen LogP contribution in [0.25, 0.3) is 0 Å². The number of carbonyl (C=O) groups is 1. The Hall–Kier alpha value is -0.920. The van der Waals surface area contributed by atoms with E-state index in [9.17, 15) is 13.6 Å². The molecule has 0 aliphatic rings. The van der Waals surface area contributed by atoms with Crippen LogP contribution in [-0.4, -0.2) is 48.1 Å². The maximum Gasteiger partial charge on any atom is 0.263 e. The zero-order valence-corrected chi connectivity index (χ0v) is 13.6. The average molecular weight is 387 g/mol. The second kappa shape index (κ2) is 8.51. The van der Waals surface area contributed by atoms with Gasteiger partial charge in [-0.05, 0) is 41.1 Å². The number of amides is 1. The summed E-state index contributed by atoms with van der Waals surface area (Å²) >= 11 is 9.03. The minimum atomic E-state index is -2.67. The number of ether oxygens (including phenoxy) is 1. The molecule has 8 heteroatoms. The molecule has 0 radical (unpaired) electrons. The van der Waals surface area contributed by atoms with Crippen molar-refractivity contribution >= 4 is 33.4 Å². The summed E-state index contributed by atoms with van der Waals surface area (Å²) in [4.78, 5) is 12.9. The van der Waals surface area contributed by atoms with Crippen molar-refractivity contribution in [2.24, 2.45) is 0 Å². The second-order valence-electron chi connectivity index (χ2n) is 4.23. The summed E-state index contributed by atoms with van der Waals surface area (Å²) in [5.74, 6) is -0.243. The van der Waals surface area contributed by atoms with Crippen LogP contribution in [0.2, 0.25) is 5.02 Å². The van der Waals surface area contributed by atoms with Crippen molar-refractivity contribution in [2.75, 3.05) is 19.7 Å². The highest BCUT2D eigenvalue weighted by Gasteiger charge is 2.24. The van der Waals surface area contributed by atoms with E-state index in [0.29, 0.717) is 15.2 Å². The summed E-state index contributed by atoms with van der Waals surface area (Å²) in [5, 5.41) is 9.34. The molecule has 0 saturated carbocycles. The van der Waals surface area contributed by atoms with Crippen LogP contribution in [-0.2, 0) is 4.79 Å². The highest BCUT2D eigenvalue weighted by atomic mass is 79.9. The summed E-state index contributed by atoms with van der Waals surface area (Å²) in [6.45, 7) is 0.155. The minimum absolute atomic E-state index is 0.168. The summed E-state index contributed by atoms with van der Waals surface area (Å²) in [6.07, 6.45) is -3.64. The normalized spacial score (nSPS) is 12.3. The van der Waals surface area contributed by atoms with Crippen molar-refractivity contribution in [2.45, 2.75) is 19.5 Å². The molecule has 0 aliphatic carbocycles. The minimum Gasteiger partial charge on any atom is -0.480 e. The van der Waals surface area contributed by atoms with Gasteiger partial charge in [0.25, 0.3) is 12.3 Å². The molecular weight excluding hydrogens is 372 g/mol. The van der Waals surface area contributed by atoms with E-state index in [1.54, 1.807) is 18.2 Å². The Bertz CT molecular complexity index is 490. The third-order valence-electron chi connectivity index (χ3n) is 2.59. The van der Waals surface area contributed by atoms with Crippen molar-refractivity contribution in [1.29, 1.82) is 0 Å². The fourth-order valence-corrected chi connectivity index (χ4v) is 2.42. The monoisotopic (exact) mass is 385 g/mol. The SMILES string of the molecule is CC(Oc1ccc(Cl)cc1Br)C(=O)N(CCO)CC(F)F. The van der Waals surface area contributed by atoms with Gasteiger partial charge in [0.15, 0.2) is 6.10 Å². The number of halogens is 4. The standard InChI is InChI=1S/C13H15BrClF2NO3/c1-8(13(20)18(4-5-19)7-12(16)17)21-11-3-2-9(15)6-10(11)14/h2-3,6,8,12,19H,4-5,7H2,1H3. The predicted molar refractivity (Wildman–Crippen MR) is 78.9 cm³/mol. The van der Waals surface area contributed by atoms with E-state index in [-0.39, 0.29) is 6.54 Å². The van der Waals surface area contributed by atoms with Crippen LogP contribution in [0.5, 0.6) is 5.75 Å². The Morgan fingerprint density at radius 3 is 2.71 bits per heavy atom. The molecule has 0 aliphatic heterocycles. The summed E-state index contributed by atoms with van der Waals surface area (Å²) < 4.78 is 30.9. The molecule has 118 valence electrons. The number of hydrogen-bond acceptors (Lipinski definition) is 3. The number of rotatable bonds is 7. The van der Waals surface area contributed by atoms with E-state index in [0.717, 1.165) is 4.90 Å². The zero-order valence-electron chi connectivity index (χ0n) is 11.2. The zero-order chi connectivity index (χ0) is 16.0. The molecule has 4 nitrogen and oxygen atoms in total. The van der Waals surface area contributed by atoms with Crippen LogP contribution in [0.4, 0.5) is 8.78 Å². The number of alkyl halides is 2. The first-order valence-corrected chi connectivity index (χ1v) is 7.31. The molecule has 1 unspecified atom stereocenters. The molecule has 1 rings (SSSR count). The van der Waals surface area contributed by atoms with Crippen LogP contribution in [0.3, 0.4) is 0 Å². The topological polar surface area (TPSA) is 49.8 Å². The van der Waals surface area contributed by atoms with Gasteiger partial charge in [-0.1, -0.05) is 11.6 Å². The Morgan fingerprint density at radius 1 is 1.52 bits per heavy atom. The third kappa shape index (κ3) is 5.76. The van der Waals surface area contributed by atoms with Gasteiger partial charge in [-0.3, -0.25) is 4.79 Å². The average Bonchev–Trinajstić information content (AvgIpc) is 2.40. The fourth-order valence-electron chi connectivity index (χ4n) is 1.65. The molecule has 1 N–H and O–H groups in total. The van der Waals surface area contributed by atoms with Gasteiger partial charge in [0, 0.05) is 11.6 Å². The van der Waals surface area contributed by atoms with Gasteiger partial charge in [-0.25, -0.2) is 8.78 Å². The lowest BCUT2D eigenvalue weighted by Crippen LogP contribution is -2.44. The number of aliphatic hydroxyl groups is 1. The Kier molecular flexibility index (Phi) is 7.34. The molecule has 0 spiro atoms. The molecule has 0 aromatic heterocycles. The summed E-state index contributed by atoms with van der Waals surface area (Å²) in [5.41, 5.74) is 0.